The zero-order valence-corrected chi connectivity index (χ0v) is 22.3. The second-order valence-electron chi connectivity index (χ2n) is 10.1. The lowest BCUT2D eigenvalue weighted by molar-refractivity contribution is -0.137. The molecule has 10 heteroatoms. The molecule has 1 aromatic carbocycles. The predicted octanol–water partition coefficient (Wildman–Crippen LogP) is 5.97. The summed E-state index contributed by atoms with van der Waals surface area (Å²) in [4.78, 5) is 10.7. The molecule has 0 amide bonds. The van der Waals surface area contributed by atoms with Gasteiger partial charge in [0.05, 0.1) is 11.1 Å². The molecule has 1 aromatic heterocycles. The molecule has 6 nitrogen and oxygen atoms in total. The van der Waals surface area contributed by atoms with Gasteiger partial charge in [-0.3, -0.25) is 3.96 Å². The van der Waals surface area contributed by atoms with E-state index in [0.717, 1.165) is 56.3 Å². The van der Waals surface area contributed by atoms with Crippen molar-refractivity contribution in [1.29, 1.82) is 5.26 Å². The van der Waals surface area contributed by atoms with Gasteiger partial charge in [0.1, 0.15) is 17.0 Å². The number of ether oxygens (including phenoxy) is 1. The van der Waals surface area contributed by atoms with Crippen LogP contribution in [0.25, 0.3) is 0 Å². The van der Waals surface area contributed by atoms with Crippen LogP contribution in [-0.2, 0) is 18.1 Å². The molecule has 0 bridgehead atoms. The van der Waals surface area contributed by atoms with Gasteiger partial charge in [-0.05, 0) is 89.8 Å². The molecule has 2 aromatic rings. The number of nitrogens with zero attached hydrogens (tertiary/aromatic N) is 5. The van der Waals surface area contributed by atoms with Crippen molar-refractivity contribution in [2.45, 2.75) is 77.6 Å². The topological polar surface area (TPSA) is 65.9 Å². The standard InChI is InChI=1S/C26H34F3N5OS/c1-6-7-9-18-15-34(25(2,3)4)36-24(18)32-23(31-17-30)21-14-19(26(27,28)29)11-12-22(21)35-16-20-10-8-13-33(20)5/h11-12,14-15,20H,6-10,13,16H2,1-5H3/b31-23+,32-24-/t20-/m0/s1. The second kappa shape index (κ2) is 11.6. The van der Waals surface area contributed by atoms with E-state index in [2.05, 4.69) is 46.5 Å². The molecule has 0 unspecified atom stereocenters. The van der Waals surface area contributed by atoms with Crippen molar-refractivity contribution >= 4 is 17.4 Å². The Balaban J connectivity index is 2.12. The Morgan fingerprint density at radius 3 is 2.61 bits per heavy atom. The fourth-order valence-electron chi connectivity index (χ4n) is 4.01. The summed E-state index contributed by atoms with van der Waals surface area (Å²) in [6.07, 6.45) is 3.91. The number of amidine groups is 1. The van der Waals surface area contributed by atoms with Crippen LogP contribution in [0.2, 0.25) is 0 Å². The SMILES string of the molecule is CCCCc1cn(C(C)(C)C)s/c1=N\C(=N\C#N)c1cc(C(F)(F)F)ccc1OC[C@@H]1CCCN1C. The number of unbranched alkanes of at least 4 members (excludes halogenated alkanes) is 1. The third-order valence-electron chi connectivity index (χ3n) is 6.21. The van der Waals surface area contributed by atoms with E-state index in [1.54, 1.807) is 6.19 Å². The molecule has 3 rings (SSSR count). The molecular weight excluding hydrogens is 487 g/mol. The summed E-state index contributed by atoms with van der Waals surface area (Å²) in [5, 5.41) is 9.41. The number of rotatable bonds is 7. The molecular formula is C26H34F3N5OS. The summed E-state index contributed by atoms with van der Waals surface area (Å²) < 4.78 is 49.6. The summed E-state index contributed by atoms with van der Waals surface area (Å²) in [6, 6.07) is 3.45. The monoisotopic (exact) mass is 521 g/mol. The average Bonchev–Trinajstić information content (AvgIpc) is 3.41. The normalized spacial score (nSPS) is 18.0. The van der Waals surface area contributed by atoms with Gasteiger partial charge in [0.15, 0.2) is 5.84 Å². The summed E-state index contributed by atoms with van der Waals surface area (Å²) in [5.74, 6) is 0.149. The Bertz CT molecular complexity index is 1180. The highest BCUT2D eigenvalue weighted by Crippen LogP contribution is 2.33. The van der Waals surface area contributed by atoms with Crippen molar-refractivity contribution < 1.29 is 17.9 Å². The number of hydrogen-bond donors (Lipinski definition) is 0. The average molecular weight is 522 g/mol. The van der Waals surface area contributed by atoms with E-state index in [0.29, 0.717) is 11.3 Å². The van der Waals surface area contributed by atoms with Crippen LogP contribution in [0.1, 0.15) is 70.1 Å². The van der Waals surface area contributed by atoms with E-state index in [4.69, 9.17) is 4.74 Å². The minimum absolute atomic E-state index is 0.0594. The van der Waals surface area contributed by atoms with Gasteiger partial charge in [-0.1, -0.05) is 13.3 Å². The van der Waals surface area contributed by atoms with Crippen LogP contribution in [0.4, 0.5) is 13.2 Å². The number of likely N-dealkylation sites (N-methyl/N-ethyl adjacent to an activating group) is 1. The summed E-state index contributed by atoms with van der Waals surface area (Å²) in [6.45, 7) is 9.59. The van der Waals surface area contributed by atoms with Crippen LogP contribution in [-0.4, -0.2) is 40.9 Å². The number of benzene rings is 1. The van der Waals surface area contributed by atoms with Crippen molar-refractivity contribution in [3.05, 3.63) is 45.8 Å². The molecule has 1 aliphatic heterocycles. The third kappa shape index (κ3) is 6.98. The van der Waals surface area contributed by atoms with Crippen molar-refractivity contribution in [2.24, 2.45) is 9.98 Å². The van der Waals surface area contributed by atoms with Crippen LogP contribution in [0.3, 0.4) is 0 Å². The molecule has 1 aliphatic rings. The first-order valence-electron chi connectivity index (χ1n) is 12.2. The van der Waals surface area contributed by atoms with Crippen LogP contribution >= 0.6 is 11.5 Å². The number of alkyl halides is 3. The fourth-order valence-corrected chi connectivity index (χ4v) is 5.05. The van der Waals surface area contributed by atoms with Crippen LogP contribution in [0, 0.1) is 11.5 Å². The number of nitriles is 1. The Morgan fingerprint density at radius 2 is 2.03 bits per heavy atom. The van der Waals surface area contributed by atoms with E-state index >= 15 is 0 Å². The first-order valence-corrected chi connectivity index (χ1v) is 13.0. The fraction of sp³-hybridized carbons (Fsp3) is 0.577. The van der Waals surface area contributed by atoms with Gasteiger partial charge in [0, 0.05) is 23.3 Å². The van der Waals surface area contributed by atoms with E-state index in [-0.39, 0.29) is 28.7 Å². The Morgan fingerprint density at radius 1 is 1.28 bits per heavy atom. The lowest BCUT2D eigenvalue weighted by Gasteiger charge is -2.21. The van der Waals surface area contributed by atoms with Crippen molar-refractivity contribution in [2.75, 3.05) is 20.2 Å². The van der Waals surface area contributed by atoms with Gasteiger partial charge >= 0.3 is 6.18 Å². The number of aromatic nitrogens is 1. The maximum atomic E-state index is 13.6. The van der Waals surface area contributed by atoms with Gasteiger partial charge in [0.25, 0.3) is 0 Å². The van der Waals surface area contributed by atoms with Crippen LogP contribution in [0.5, 0.6) is 5.75 Å². The zero-order valence-electron chi connectivity index (χ0n) is 21.5. The van der Waals surface area contributed by atoms with Gasteiger partial charge in [-0.15, -0.1) is 0 Å². The minimum atomic E-state index is -4.55. The summed E-state index contributed by atoms with van der Waals surface area (Å²) in [7, 11) is 2.01. The zero-order chi connectivity index (χ0) is 26.5. The molecule has 0 aliphatic carbocycles. The molecule has 36 heavy (non-hydrogen) atoms. The Labute approximate surface area is 214 Å². The van der Waals surface area contributed by atoms with Gasteiger partial charge in [-0.25, -0.2) is 4.99 Å². The quantitative estimate of drug-likeness (QED) is 0.256. The third-order valence-corrected chi connectivity index (χ3v) is 7.58. The van der Waals surface area contributed by atoms with Crippen molar-refractivity contribution in [3.63, 3.8) is 0 Å². The highest BCUT2D eigenvalue weighted by molar-refractivity contribution is 7.04. The molecule has 1 saturated heterocycles. The van der Waals surface area contributed by atoms with E-state index in [1.165, 1.54) is 17.6 Å². The lowest BCUT2D eigenvalue weighted by atomic mass is 10.1. The number of likely N-dealkylation sites (tertiary alicyclic amines) is 1. The molecule has 0 N–H and O–H groups in total. The maximum Gasteiger partial charge on any atom is 0.416 e. The summed E-state index contributed by atoms with van der Waals surface area (Å²) >= 11 is 1.41. The van der Waals surface area contributed by atoms with Gasteiger partial charge < -0.3 is 9.64 Å². The molecule has 1 atom stereocenters. The van der Waals surface area contributed by atoms with Gasteiger partial charge in [0.2, 0.25) is 6.19 Å². The van der Waals surface area contributed by atoms with Crippen LogP contribution in [0.15, 0.2) is 34.4 Å². The highest BCUT2D eigenvalue weighted by Gasteiger charge is 2.32. The molecule has 2 heterocycles. The molecule has 0 radical (unpaired) electrons. The highest BCUT2D eigenvalue weighted by atomic mass is 32.1. The second-order valence-corrected chi connectivity index (χ2v) is 11.1. The van der Waals surface area contributed by atoms with Crippen LogP contribution < -0.4 is 9.41 Å². The summed E-state index contributed by atoms with van der Waals surface area (Å²) in [5.41, 5.74) is 0.00316. The van der Waals surface area contributed by atoms with Crippen molar-refractivity contribution in [3.8, 4) is 11.9 Å². The molecule has 0 spiro atoms. The number of aryl methyl sites for hydroxylation is 1. The van der Waals surface area contributed by atoms with E-state index < -0.39 is 11.7 Å². The predicted molar refractivity (Wildman–Crippen MR) is 136 cm³/mol. The maximum absolute atomic E-state index is 13.6. The number of hydrogen-bond acceptors (Lipinski definition) is 5. The van der Waals surface area contributed by atoms with Gasteiger partial charge in [-0.2, -0.15) is 23.4 Å². The number of aliphatic imine (C=N–C) groups is 1. The molecule has 0 saturated carbocycles. The molecule has 1 fully saturated rings. The smallest absolute Gasteiger partial charge is 0.416 e. The van der Waals surface area contributed by atoms with E-state index in [1.807, 2.05) is 13.2 Å². The molecule has 196 valence electrons. The Kier molecular flexibility index (Phi) is 9.01. The largest absolute Gasteiger partial charge is 0.491 e. The van der Waals surface area contributed by atoms with Crippen molar-refractivity contribution in [1.82, 2.24) is 8.86 Å². The first-order chi connectivity index (χ1) is 16.9. The minimum Gasteiger partial charge on any atom is -0.491 e. The van der Waals surface area contributed by atoms with E-state index in [9.17, 15) is 18.4 Å². The first kappa shape index (κ1) is 27.9. The lowest BCUT2D eigenvalue weighted by Crippen LogP contribution is -2.30. The number of halogens is 3. The Hall–Kier alpha value is -2.64.